The summed E-state index contributed by atoms with van der Waals surface area (Å²) in [6.45, 7) is 5.00. The Bertz CT molecular complexity index is 431. The molecule has 5 heteroatoms. The molecule has 3 rings (SSSR count). The van der Waals surface area contributed by atoms with Crippen molar-refractivity contribution in [2.24, 2.45) is 0 Å². The lowest BCUT2D eigenvalue weighted by Gasteiger charge is -2.36. The molecular weight excluding hydrogens is 252 g/mol. The molecule has 110 valence electrons. The summed E-state index contributed by atoms with van der Waals surface area (Å²) in [5, 5.41) is 4.32. The molecule has 3 heterocycles. The van der Waals surface area contributed by atoms with Crippen molar-refractivity contribution in [3.63, 3.8) is 0 Å². The molecule has 2 fully saturated rings. The third-order valence-corrected chi connectivity index (χ3v) is 4.53. The molecule has 1 amide bonds. The van der Waals surface area contributed by atoms with Crippen LogP contribution in [-0.2, 0) is 11.3 Å². The lowest BCUT2D eigenvalue weighted by Crippen LogP contribution is -2.46. The normalized spacial score (nSPS) is 24.5. The maximum atomic E-state index is 11.7. The summed E-state index contributed by atoms with van der Waals surface area (Å²) in [7, 11) is 0. The van der Waals surface area contributed by atoms with Gasteiger partial charge >= 0.3 is 0 Å². The first-order valence-corrected chi connectivity index (χ1v) is 7.82. The number of aromatic nitrogens is 2. The van der Waals surface area contributed by atoms with Crippen LogP contribution in [0.3, 0.4) is 0 Å². The number of piperidine rings is 1. The van der Waals surface area contributed by atoms with Gasteiger partial charge in [0.15, 0.2) is 0 Å². The van der Waals surface area contributed by atoms with Crippen molar-refractivity contribution in [2.75, 3.05) is 26.2 Å². The van der Waals surface area contributed by atoms with E-state index in [4.69, 9.17) is 0 Å². The van der Waals surface area contributed by atoms with Crippen molar-refractivity contribution in [3.8, 4) is 0 Å². The van der Waals surface area contributed by atoms with Crippen LogP contribution in [0.4, 0.5) is 0 Å². The van der Waals surface area contributed by atoms with Gasteiger partial charge in [-0.2, -0.15) is 5.10 Å². The predicted molar refractivity (Wildman–Crippen MR) is 77.3 cm³/mol. The van der Waals surface area contributed by atoms with Crippen molar-refractivity contribution in [1.82, 2.24) is 19.6 Å². The Kier molecular flexibility index (Phi) is 4.35. The van der Waals surface area contributed by atoms with Crippen LogP contribution in [0, 0.1) is 0 Å². The van der Waals surface area contributed by atoms with Crippen molar-refractivity contribution in [2.45, 2.75) is 44.7 Å². The van der Waals surface area contributed by atoms with Gasteiger partial charge in [0.25, 0.3) is 0 Å². The third-order valence-electron chi connectivity index (χ3n) is 4.53. The average molecular weight is 276 g/mol. The maximum Gasteiger partial charge on any atom is 0.222 e. The molecule has 2 aliphatic rings. The molecule has 0 N–H and O–H groups in total. The van der Waals surface area contributed by atoms with Gasteiger partial charge < -0.3 is 4.90 Å². The quantitative estimate of drug-likeness (QED) is 0.815. The molecule has 2 aliphatic heterocycles. The van der Waals surface area contributed by atoms with Gasteiger partial charge in [0.05, 0.1) is 6.54 Å². The maximum absolute atomic E-state index is 11.7. The standard InChI is InChI=1S/C15H24N4O/c20-15-6-3-9-18(15)12-11-17-8-2-1-5-14(17)13-19-10-4-7-16-19/h4,7,10,14H,1-3,5-6,8-9,11-13H2/t14-/m0/s1. The molecule has 2 saturated heterocycles. The fraction of sp³-hybridized carbons (Fsp3) is 0.733. The average Bonchev–Trinajstić information content (AvgIpc) is 3.10. The predicted octanol–water partition coefficient (Wildman–Crippen LogP) is 1.36. The summed E-state index contributed by atoms with van der Waals surface area (Å²) in [6.07, 6.45) is 9.50. The minimum atomic E-state index is 0.339. The molecule has 0 aromatic carbocycles. The smallest absolute Gasteiger partial charge is 0.222 e. The summed E-state index contributed by atoms with van der Waals surface area (Å²) in [6, 6.07) is 2.55. The Morgan fingerprint density at radius 2 is 2.15 bits per heavy atom. The number of hydrogen-bond donors (Lipinski definition) is 0. The van der Waals surface area contributed by atoms with Gasteiger partial charge in [-0.25, -0.2) is 0 Å². The Morgan fingerprint density at radius 1 is 1.20 bits per heavy atom. The molecule has 0 bridgehead atoms. The Balaban J connectivity index is 1.53. The Labute approximate surface area is 120 Å². The molecule has 20 heavy (non-hydrogen) atoms. The SMILES string of the molecule is O=C1CCCN1CCN1CCCC[C@H]1Cn1cccn1. The van der Waals surface area contributed by atoms with Crippen LogP contribution in [0.2, 0.25) is 0 Å². The number of likely N-dealkylation sites (tertiary alicyclic amines) is 2. The van der Waals surface area contributed by atoms with Gasteiger partial charge in [-0.05, 0) is 31.9 Å². The third kappa shape index (κ3) is 3.20. The Hall–Kier alpha value is -1.36. The van der Waals surface area contributed by atoms with Crippen LogP contribution < -0.4 is 0 Å². The fourth-order valence-corrected chi connectivity index (χ4v) is 3.38. The second-order valence-corrected chi connectivity index (χ2v) is 5.90. The van der Waals surface area contributed by atoms with Gasteiger partial charge in [-0.3, -0.25) is 14.4 Å². The van der Waals surface area contributed by atoms with E-state index < -0.39 is 0 Å². The molecule has 0 unspecified atom stereocenters. The van der Waals surface area contributed by atoms with E-state index >= 15 is 0 Å². The molecule has 5 nitrogen and oxygen atoms in total. The van der Waals surface area contributed by atoms with E-state index in [0.29, 0.717) is 11.9 Å². The van der Waals surface area contributed by atoms with Crippen LogP contribution >= 0.6 is 0 Å². The number of rotatable bonds is 5. The summed E-state index contributed by atoms with van der Waals surface area (Å²) < 4.78 is 2.03. The Morgan fingerprint density at radius 3 is 2.90 bits per heavy atom. The number of hydrogen-bond acceptors (Lipinski definition) is 3. The summed E-state index contributed by atoms with van der Waals surface area (Å²) >= 11 is 0. The minimum Gasteiger partial charge on any atom is -0.341 e. The fourth-order valence-electron chi connectivity index (χ4n) is 3.38. The van der Waals surface area contributed by atoms with Gasteiger partial charge in [0.2, 0.25) is 5.91 Å². The molecule has 0 spiro atoms. The lowest BCUT2D eigenvalue weighted by molar-refractivity contribution is -0.128. The molecule has 0 saturated carbocycles. The molecule has 0 aliphatic carbocycles. The van der Waals surface area contributed by atoms with Crippen LogP contribution in [0.1, 0.15) is 32.1 Å². The largest absolute Gasteiger partial charge is 0.341 e. The highest BCUT2D eigenvalue weighted by molar-refractivity contribution is 5.78. The topological polar surface area (TPSA) is 41.4 Å². The highest BCUT2D eigenvalue weighted by Gasteiger charge is 2.25. The number of carbonyl (C=O) groups is 1. The van der Waals surface area contributed by atoms with E-state index in [1.165, 1.54) is 19.3 Å². The first kappa shape index (κ1) is 13.6. The van der Waals surface area contributed by atoms with Crippen molar-refractivity contribution in [3.05, 3.63) is 18.5 Å². The zero-order valence-electron chi connectivity index (χ0n) is 12.1. The van der Waals surface area contributed by atoms with Crippen LogP contribution in [-0.4, -0.2) is 57.7 Å². The second kappa shape index (κ2) is 6.39. The highest BCUT2D eigenvalue weighted by atomic mass is 16.2. The zero-order valence-corrected chi connectivity index (χ0v) is 12.1. The second-order valence-electron chi connectivity index (χ2n) is 5.90. The number of amides is 1. The minimum absolute atomic E-state index is 0.339. The molecule has 1 aromatic rings. The van der Waals surface area contributed by atoms with Gasteiger partial charge in [0.1, 0.15) is 0 Å². The van der Waals surface area contributed by atoms with E-state index in [-0.39, 0.29) is 0 Å². The van der Waals surface area contributed by atoms with E-state index in [0.717, 1.165) is 45.6 Å². The molecule has 1 aromatic heterocycles. The van der Waals surface area contributed by atoms with E-state index in [1.807, 2.05) is 28.0 Å². The number of nitrogens with zero attached hydrogens (tertiary/aromatic N) is 4. The van der Waals surface area contributed by atoms with E-state index in [9.17, 15) is 4.79 Å². The first-order chi connectivity index (χ1) is 9.83. The summed E-state index contributed by atoms with van der Waals surface area (Å²) in [5.41, 5.74) is 0. The zero-order chi connectivity index (χ0) is 13.8. The lowest BCUT2D eigenvalue weighted by atomic mass is 10.0. The molecular formula is C15H24N4O. The van der Waals surface area contributed by atoms with Crippen LogP contribution in [0.25, 0.3) is 0 Å². The van der Waals surface area contributed by atoms with Gasteiger partial charge in [-0.1, -0.05) is 6.42 Å². The van der Waals surface area contributed by atoms with Crippen LogP contribution in [0.15, 0.2) is 18.5 Å². The van der Waals surface area contributed by atoms with E-state index in [1.54, 1.807) is 0 Å². The van der Waals surface area contributed by atoms with Gasteiger partial charge in [-0.15, -0.1) is 0 Å². The summed E-state index contributed by atoms with van der Waals surface area (Å²) in [5.74, 6) is 0.339. The highest BCUT2D eigenvalue weighted by Crippen LogP contribution is 2.19. The molecule has 1 atom stereocenters. The number of carbonyl (C=O) groups excluding carboxylic acids is 1. The monoisotopic (exact) mass is 276 g/mol. The first-order valence-electron chi connectivity index (χ1n) is 7.82. The van der Waals surface area contributed by atoms with Crippen molar-refractivity contribution in [1.29, 1.82) is 0 Å². The van der Waals surface area contributed by atoms with Crippen molar-refractivity contribution < 1.29 is 4.79 Å². The van der Waals surface area contributed by atoms with E-state index in [2.05, 4.69) is 10.00 Å². The summed E-state index contributed by atoms with van der Waals surface area (Å²) in [4.78, 5) is 16.3. The van der Waals surface area contributed by atoms with Crippen LogP contribution in [0.5, 0.6) is 0 Å². The van der Waals surface area contributed by atoms with Crippen molar-refractivity contribution >= 4 is 5.91 Å². The van der Waals surface area contributed by atoms with Gasteiger partial charge in [0, 0.05) is 44.5 Å². The molecule has 0 radical (unpaired) electrons.